The molecular formula is C20H28N2O3. The van der Waals surface area contributed by atoms with Crippen molar-refractivity contribution in [3.63, 3.8) is 0 Å². The fourth-order valence-corrected chi connectivity index (χ4v) is 4.12. The van der Waals surface area contributed by atoms with Gasteiger partial charge in [-0.25, -0.2) is 0 Å². The molecule has 3 rings (SSSR count). The first kappa shape index (κ1) is 17.9. The molecule has 2 amide bonds. The van der Waals surface area contributed by atoms with Crippen LogP contribution in [0.2, 0.25) is 0 Å². The van der Waals surface area contributed by atoms with Crippen LogP contribution in [-0.4, -0.2) is 41.4 Å². The maximum atomic E-state index is 11.6. The molecule has 1 N–H and O–H groups in total. The molecule has 0 aliphatic carbocycles. The fraction of sp³-hybridized carbons (Fsp3) is 0.600. The van der Waals surface area contributed by atoms with Crippen LogP contribution in [0.5, 0.6) is 0 Å². The topological polar surface area (TPSA) is 58.6 Å². The van der Waals surface area contributed by atoms with Crippen molar-refractivity contribution in [2.24, 2.45) is 0 Å². The van der Waals surface area contributed by atoms with Gasteiger partial charge in [0.05, 0.1) is 11.7 Å². The average molecular weight is 344 g/mol. The molecule has 5 nitrogen and oxygen atoms in total. The Labute approximate surface area is 149 Å². The van der Waals surface area contributed by atoms with Crippen molar-refractivity contribution in [1.82, 2.24) is 10.2 Å². The summed E-state index contributed by atoms with van der Waals surface area (Å²) in [7, 11) is 0. The predicted octanol–water partition coefficient (Wildman–Crippen LogP) is 2.73. The number of carbonyl (C=O) groups is 2. The van der Waals surface area contributed by atoms with E-state index in [2.05, 4.69) is 36.5 Å². The van der Waals surface area contributed by atoms with E-state index in [1.165, 1.54) is 5.56 Å². The van der Waals surface area contributed by atoms with Gasteiger partial charge in [0.25, 0.3) is 0 Å². The van der Waals surface area contributed by atoms with Gasteiger partial charge in [-0.3, -0.25) is 9.59 Å². The molecule has 1 aromatic rings. The van der Waals surface area contributed by atoms with Gasteiger partial charge in [0.2, 0.25) is 11.8 Å². The highest BCUT2D eigenvalue weighted by Crippen LogP contribution is 2.43. The van der Waals surface area contributed by atoms with E-state index in [9.17, 15) is 9.59 Å². The summed E-state index contributed by atoms with van der Waals surface area (Å²) in [6, 6.07) is 8.56. The number of nitrogens with one attached hydrogen (secondary N) is 1. The van der Waals surface area contributed by atoms with Gasteiger partial charge in [0.1, 0.15) is 0 Å². The molecule has 136 valence electrons. The monoisotopic (exact) mass is 344 g/mol. The predicted molar refractivity (Wildman–Crippen MR) is 96.1 cm³/mol. The lowest BCUT2D eigenvalue weighted by Gasteiger charge is -2.49. The van der Waals surface area contributed by atoms with E-state index in [0.717, 1.165) is 44.3 Å². The Morgan fingerprint density at radius 2 is 1.80 bits per heavy atom. The highest BCUT2D eigenvalue weighted by molar-refractivity contribution is 5.73. The van der Waals surface area contributed by atoms with Crippen LogP contribution in [0.25, 0.3) is 0 Å². The zero-order valence-electron chi connectivity index (χ0n) is 15.4. The highest BCUT2D eigenvalue weighted by atomic mass is 16.5. The summed E-state index contributed by atoms with van der Waals surface area (Å²) >= 11 is 0. The van der Waals surface area contributed by atoms with Crippen molar-refractivity contribution in [2.45, 2.75) is 64.2 Å². The van der Waals surface area contributed by atoms with Crippen LogP contribution in [0.3, 0.4) is 0 Å². The molecule has 2 saturated heterocycles. The number of rotatable bonds is 2. The molecule has 2 heterocycles. The van der Waals surface area contributed by atoms with Crippen molar-refractivity contribution in [3.8, 4) is 0 Å². The molecule has 2 aliphatic rings. The summed E-state index contributed by atoms with van der Waals surface area (Å²) in [5.41, 5.74) is 2.13. The molecule has 1 aromatic carbocycles. The van der Waals surface area contributed by atoms with Crippen LogP contribution in [0, 0.1) is 6.92 Å². The number of ether oxygens (including phenoxy) is 1. The van der Waals surface area contributed by atoms with Crippen LogP contribution < -0.4 is 5.32 Å². The molecule has 0 aromatic heterocycles. The number of amides is 2. The van der Waals surface area contributed by atoms with Crippen LogP contribution in [-0.2, 0) is 14.3 Å². The Bertz CT molecular complexity index is 633. The number of aryl methyl sites for hydroxylation is 1. The summed E-state index contributed by atoms with van der Waals surface area (Å²) in [5.74, 6) is 0.130. The number of likely N-dealkylation sites (tertiary alicyclic amines) is 1. The molecule has 5 heteroatoms. The minimum atomic E-state index is -0.257. The third-order valence-corrected chi connectivity index (χ3v) is 5.49. The molecule has 2 fully saturated rings. The minimum absolute atomic E-state index is 0.00544. The SMILES string of the molecule is CC(=O)N[C@@H]1C[C@H](c2ccc(C)cc2)OC2(CCN(C(C)=O)CC2)C1. The molecule has 25 heavy (non-hydrogen) atoms. The van der Waals surface area contributed by atoms with Gasteiger partial charge < -0.3 is 15.0 Å². The van der Waals surface area contributed by atoms with Crippen molar-refractivity contribution in [1.29, 1.82) is 0 Å². The summed E-state index contributed by atoms with van der Waals surface area (Å²) in [5, 5.41) is 3.10. The Morgan fingerprint density at radius 3 is 2.36 bits per heavy atom. The lowest BCUT2D eigenvalue weighted by Crippen LogP contribution is -2.54. The Balaban J connectivity index is 1.79. The summed E-state index contributed by atoms with van der Waals surface area (Å²) in [6.45, 7) is 6.71. The largest absolute Gasteiger partial charge is 0.367 e. The highest BCUT2D eigenvalue weighted by Gasteiger charge is 2.44. The number of nitrogens with zero attached hydrogens (tertiary/aromatic N) is 1. The Kier molecular flexibility index (Phi) is 5.13. The summed E-state index contributed by atoms with van der Waals surface area (Å²) in [6.07, 6.45) is 3.24. The quantitative estimate of drug-likeness (QED) is 0.897. The second-order valence-corrected chi connectivity index (χ2v) is 7.54. The van der Waals surface area contributed by atoms with Gasteiger partial charge in [-0.1, -0.05) is 29.8 Å². The molecule has 1 spiro atoms. The Hall–Kier alpha value is -1.88. The number of carbonyl (C=O) groups excluding carboxylic acids is 2. The lowest BCUT2D eigenvalue weighted by atomic mass is 9.79. The number of piperidine rings is 1. The second-order valence-electron chi connectivity index (χ2n) is 7.54. The maximum Gasteiger partial charge on any atom is 0.219 e. The van der Waals surface area contributed by atoms with Gasteiger partial charge >= 0.3 is 0 Å². The van der Waals surface area contributed by atoms with E-state index in [-0.39, 0.29) is 29.6 Å². The Morgan fingerprint density at radius 1 is 1.16 bits per heavy atom. The normalized spacial score (nSPS) is 25.6. The van der Waals surface area contributed by atoms with Crippen LogP contribution in [0.1, 0.15) is 56.8 Å². The molecule has 0 bridgehead atoms. The molecule has 2 atom stereocenters. The average Bonchev–Trinajstić information content (AvgIpc) is 2.55. The standard InChI is InChI=1S/C20H28N2O3/c1-14-4-6-17(7-5-14)19-12-18(21-15(2)23)13-20(25-19)8-10-22(11-9-20)16(3)24/h4-7,18-19H,8-13H2,1-3H3,(H,21,23)/t18-,19-/m1/s1. The first-order chi connectivity index (χ1) is 11.9. The third kappa shape index (κ3) is 4.21. The number of hydrogen-bond donors (Lipinski definition) is 1. The van der Waals surface area contributed by atoms with Crippen molar-refractivity contribution in [2.75, 3.05) is 13.1 Å². The van der Waals surface area contributed by atoms with Crippen molar-refractivity contribution < 1.29 is 14.3 Å². The summed E-state index contributed by atoms with van der Waals surface area (Å²) in [4.78, 5) is 25.1. The van der Waals surface area contributed by atoms with Crippen molar-refractivity contribution in [3.05, 3.63) is 35.4 Å². The first-order valence-corrected chi connectivity index (χ1v) is 9.14. The zero-order chi connectivity index (χ0) is 18.0. The maximum absolute atomic E-state index is 11.6. The summed E-state index contributed by atoms with van der Waals surface area (Å²) < 4.78 is 6.59. The van der Waals surface area contributed by atoms with Gasteiger partial charge in [-0.2, -0.15) is 0 Å². The minimum Gasteiger partial charge on any atom is -0.367 e. The molecule has 0 unspecified atom stereocenters. The first-order valence-electron chi connectivity index (χ1n) is 9.14. The fourth-order valence-electron chi connectivity index (χ4n) is 4.12. The van der Waals surface area contributed by atoms with E-state index in [1.54, 1.807) is 13.8 Å². The molecule has 0 radical (unpaired) electrons. The van der Waals surface area contributed by atoms with E-state index in [4.69, 9.17) is 4.74 Å². The van der Waals surface area contributed by atoms with E-state index < -0.39 is 0 Å². The zero-order valence-corrected chi connectivity index (χ0v) is 15.4. The smallest absolute Gasteiger partial charge is 0.219 e. The molecule has 0 saturated carbocycles. The van der Waals surface area contributed by atoms with Gasteiger partial charge in [-0.05, 0) is 38.2 Å². The second kappa shape index (κ2) is 7.16. The number of hydrogen-bond acceptors (Lipinski definition) is 3. The molecular weight excluding hydrogens is 316 g/mol. The van der Waals surface area contributed by atoms with Gasteiger partial charge in [0.15, 0.2) is 0 Å². The van der Waals surface area contributed by atoms with E-state index >= 15 is 0 Å². The van der Waals surface area contributed by atoms with Crippen LogP contribution in [0.15, 0.2) is 24.3 Å². The van der Waals surface area contributed by atoms with Crippen molar-refractivity contribution >= 4 is 11.8 Å². The number of benzene rings is 1. The lowest BCUT2D eigenvalue weighted by molar-refractivity contribution is -0.168. The van der Waals surface area contributed by atoms with Crippen LogP contribution in [0.4, 0.5) is 0 Å². The van der Waals surface area contributed by atoms with Crippen LogP contribution >= 0.6 is 0 Å². The van der Waals surface area contributed by atoms with E-state index in [1.807, 2.05) is 4.90 Å². The third-order valence-electron chi connectivity index (χ3n) is 5.49. The van der Waals surface area contributed by atoms with Gasteiger partial charge in [-0.15, -0.1) is 0 Å². The van der Waals surface area contributed by atoms with Gasteiger partial charge in [0, 0.05) is 33.0 Å². The molecule has 2 aliphatic heterocycles. The van der Waals surface area contributed by atoms with E-state index in [0.29, 0.717) is 0 Å².